The summed E-state index contributed by atoms with van der Waals surface area (Å²) in [6, 6.07) is 9.43. The molecule has 2 aromatic rings. The molecule has 0 aliphatic rings. The number of ether oxygens (including phenoxy) is 4. The Hall–Kier alpha value is -2.52. The van der Waals surface area contributed by atoms with E-state index in [0.29, 0.717) is 50.8 Å². The first-order valence-corrected chi connectivity index (χ1v) is 8.90. The van der Waals surface area contributed by atoms with Crippen molar-refractivity contribution in [2.45, 2.75) is 13.2 Å². The van der Waals surface area contributed by atoms with Gasteiger partial charge < -0.3 is 39.4 Å². The van der Waals surface area contributed by atoms with Crippen LogP contribution in [-0.2, 0) is 32.2 Å². The van der Waals surface area contributed by atoms with Gasteiger partial charge in [-0.2, -0.15) is 0 Å². The largest absolute Gasteiger partial charge is 0.504 e. The first kappa shape index (κ1) is 21.8. The quantitative estimate of drug-likeness (QED) is 0.302. The minimum Gasteiger partial charge on any atom is -0.504 e. The molecule has 0 aliphatic heterocycles. The normalized spacial score (nSPS) is 11.0. The van der Waals surface area contributed by atoms with Crippen LogP contribution < -0.4 is 0 Å². The first-order chi connectivity index (χ1) is 13.6. The number of aromatic hydroxyl groups is 4. The summed E-state index contributed by atoms with van der Waals surface area (Å²) in [5.74, 6) is -0.675. The molecule has 0 saturated heterocycles. The zero-order valence-corrected chi connectivity index (χ0v) is 15.5. The lowest BCUT2D eigenvalue weighted by atomic mass is 10.2. The molecular formula is C20H26O8. The van der Waals surface area contributed by atoms with Crippen LogP contribution in [0.15, 0.2) is 36.4 Å². The van der Waals surface area contributed by atoms with Gasteiger partial charge in [0.2, 0.25) is 0 Å². The van der Waals surface area contributed by atoms with E-state index in [2.05, 4.69) is 0 Å². The summed E-state index contributed by atoms with van der Waals surface area (Å²) in [5, 5.41) is 38.0. The Balaban J connectivity index is 1.42. The van der Waals surface area contributed by atoms with Crippen molar-refractivity contribution in [1.29, 1.82) is 0 Å². The van der Waals surface area contributed by atoms with Crippen molar-refractivity contribution in [2.75, 3.05) is 39.6 Å². The van der Waals surface area contributed by atoms with Crippen LogP contribution in [0.2, 0.25) is 0 Å². The topological polar surface area (TPSA) is 118 Å². The highest BCUT2D eigenvalue weighted by Gasteiger charge is 2.06. The molecule has 8 nitrogen and oxygen atoms in total. The molecular weight excluding hydrogens is 368 g/mol. The summed E-state index contributed by atoms with van der Waals surface area (Å²) in [6.45, 7) is 2.67. The number of hydrogen-bond acceptors (Lipinski definition) is 8. The average Bonchev–Trinajstić information content (AvgIpc) is 2.69. The van der Waals surface area contributed by atoms with Gasteiger partial charge in [0, 0.05) is 11.1 Å². The van der Waals surface area contributed by atoms with Gasteiger partial charge in [-0.05, 0) is 12.1 Å². The summed E-state index contributed by atoms with van der Waals surface area (Å²) in [5.41, 5.74) is 1.03. The molecule has 0 spiro atoms. The first-order valence-electron chi connectivity index (χ1n) is 8.90. The highest BCUT2D eigenvalue weighted by atomic mass is 16.6. The second kappa shape index (κ2) is 12.0. The third-order valence-corrected chi connectivity index (χ3v) is 3.83. The lowest BCUT2D eigenvalue weighted by molar-refractivity contribution is -0.00651. The molecule has 4 N–H and O–H groups in total. The molecule has 0 radical (unpaired) electrons. The van der Waals surface area contributed by atoms with Gasteiger partial charge in [-0.3, -0.25) is 0 Å². The van der Waals surface area contributed by atoms with Crippen molar-refractivity contribution in [2.24, 2.45) is 0 Å². The summed E-state index contributed by atoms with van der Waals surface area (Å²) in [4.78, 5) is 0. The van der Waals surface area contributed by atoms with Gasteiger partial charge in [-0.1, -0.05) is 24.3 Å². The smallest absolute Gasteiger partial charge is 0.163 e. The summed E-state index contributed by atoms with van der Waals surface area (Å²) in [7, 11) is 0. The maximum atomic E-state index is 9.64. The zero-order valence-electron chi connectivity index (χ0n) is 15.5. The van der Waals surface area contributed by atoms with Crippen molar-refractivity contribution < 1.29 is 39.4 Å². The highest BCUT2D eigenvalue weighted by molar-refractivity contribution is 5.44. The molecule has 0 atom stereocenters. The Morgan fingerprint density at radius 1 is 0.500 bits per heavy atom. The molecule has 2 rings (SSSR count). The fourth-order valence-electron chi connectivity index (χ4n) is 2.31. The molecule has 2 aromatic carbocycles. The van der Waals surface area contributed by atoms with Crippen molar-refractivity contribution in [3.63, 3.8) is 0 Å². The summed E-state index contributed by atoms with van der Waals surface area (Å²) in [6.07, 6.45) is 0. The van der Waals surface area contributed by atoms with Crippen LogP contribution in [0.5, 0.6) is 23.0 Å². The molecule has 0 aliphatic carbocycles. The molecule has 154 valence electrons. The molecule has 0 amide bonds. The van der Waals surface area contributed by atoms with Gasteiger partial charge in [-0.15, -0.1) is 0 Å². The number of phenols is 4. The number of hydrogen-bond donors (Lipinski definition) is 4. The van der Waals surface area contributed by atoms with Gasteiger partial charge in [0.05, 0.1) is 52.9 Å². The third-order valence-electron chi connectivity index (χ3n) is 3.83. The maximum absolute atomic E-state index is 9.64. The number of para-hydroxylation sites is 2. The van der Waals surface area contributed by atoms with Crippen LogP contribution in [0.4, 0.5) is 0 Å². The average molecular weight is 394 g/mol. The highest BCUT2D eigenvalue weighted by Crippen LogP contribution is 2.29. The molecule has 0 bridgehead atoms. The van der Waals surface area contributed by atoms with E-state index in [4.69, 9.17) is 18.9 Å². The molecule has 0 unspecified atom stereocenters. The fraction of sp³-hybridized carbons (Fsp3) is 0.400. The monoisotopic (exact) mass is 394 g/mol. The van der Waals surface area contributed by atoms with Gasteiger partial charge in [-0.25, -0.2) is 0 Å². The summed E-state index contributed by atoms with van der Waals surface area (Å²) >= 11 is 0. The molecule has 0 fully saturated rings. The van der Waals surface area contributed by atoms with E-state index in [9.17, 15) is 20.4 Å². The van der Waals surface area contributed by atoms with E-state index in [1.807, 2.05) is 0 Å². The van der Waals surface area contributed by atoms with Crippen molar-refractivity contribution >= 4 is 0 Å². The van der Waals surface area contributed by atoms with Crippen LogP contribution in [0, 0.1) is 0 Å². The second-order valence-electron chi connectivity index (χ2n) is 5.90. The Kier molecular flexibility index (Phi) is 9.36. The van der Waals surface area contributed by atoms with Crippen LogP contribution in [-0.4, -0.2) is 60.1 Å². The minimum atomic E-state index is -0.169. The number of rotatable bonds is 13. The lowest BCUT2D eigenvalue weighted by Crippen LogP contribution is -2.11. The van der Waals surface area contributed by atoms with Crippen molar-refractivity contribution in [3.8, 4) is 23.0 Å². The van der Waals surface area contributed by atoms with Crippen molar-refractivity contribution in [1.82, 2.24) is 0 Å². The lowest BCUT2D eigenvalue weighted by Gasteiger charge is -2.09. The summed E-state index contributed by atoms with van der Waals surface area (Å²) < 4.78 is 21.5. The SMILES string of the molecule is Oc1cccc(COCCOCCOCCOCc2cccc(O)c2O)c1O. The number of benzene rings is 2. The molecule has 0 aromatic heterocycles. The third kappa shape index (κ3) is 7.24. The predicted molar refractivity (Wildman–Crippen MR) is 100 cm³/mol. The Bertz CT molecular complexity index is 658. The molecule has 28 heavy (non-hydrogen) atoms. The molecule has 0 saturated carbocycles. The Labute approximate surface area is 163 Å². The minimum absolute atomic E-state index is 0.168. The van der Waals surface area contributed by atoms with E-state index >= 15 is 0 Å². The zero-order chi connectivity index (χ0) is 20.2. The van der Waals surface area contributed by atoms with Crippen LogP contribution in [0.25, 0.3) is 0 Å². The Morgan fingerprint density at radius 2 is 0.857 bits per heavy atom. The number of phenolic OH excluding ortho intramolecular Hbond substituents is 4. The van der Waals surface area contributed by atoms with E-state index in [1.165, 1.54) is 12.1 Å². The van der Waals surface area contributed by atoms with Crippen LogP contribution in [0.1, 0.15) is 11.1 Å². The molecule has 8 heteroatoms. The van der Waals surface area contributed by atoms with Gasteiger partial charge in [0.1, 0.15) is 0 Å². The standard InChI is InChI=1S/C20H26O8/c21-17-5-1-3-15(19(17)23)13-27-11-9-25-7-8-26-10-12-28-14-16-4-2-6-18(22)20(16)24/h1-6,21-24H,7-14H2. The van der Waals surface area contributed by atoms with E-state index in [0.717, 1.165) is 0 Å². The predicted octanol–water partition coefficient (Wildman–Crippen LogP) is 2.28. The van der Waals surface area contributed by atoms with E-state index < -0.39 is 0 Å². The maximum Gasteiger partial charge on any atom is 0.163 e. The van der Waals surface area contributed by atoms with Gasteiger partial charge >= 0.3 is 0 Å². The van der Waals surface area contributed by atoms with Gasteiger partial charge in [0.15, 0.2) is 23.0 Å². The van der Waals surface area contributed by atoms with Crippen LogP contribution in [0.3, 0.4) is 0 Å². The van der Waals surface area contributed by atoms with Crippen molar-refractivity contribution in [3.05, 3.63) is 47.5 Å². The van der Waals surface area contributed by atoms with E-state index in [-0.39, 0.29) is 36.2 Å². The van der Waals surface area contributed by atoms with E-state index in [1.54, 1.807) is 24.3 Å². The molecule has 0 heterocycles. The second-order valence-corrected chi connectivity index (χ2v) is 5.90. The van der Waals surface area contributed by atoms with Gasteiger partial charge in [0.25, 0.3) is 0 Å². The fourth-order valence-corrected chi connectivity index (χ4v) is 2.31. The van der Waals surface area contributed by atoms with Crippen LogP contribution >= 0.6 is 0 Å². The Morgan fingerprint density at radius 3 is 1.25 bits per heavy atom.